The maximum Gasteiger partial charge on any atom is 0.136 e. The molecule has 1 aliphatic rings. The molecule has 1 aliphatic carbocycles. The molecule has 2 bridgehead atoms. The van der Waals surface area contributed by atoms with E-state index in [9.17, 15) is 0 Å². The lowest BCUT2D eigenvalue weighted by Gasteiger charge is -2.29. The maximum absolute atomic E-state index is 6.14. The molecule has 0 saturated carbocycles. The lowest BCUT2D eigenvalue weighted by atomic mass is 9.74. The third-order valence-electron chi connectivity index (χ3n) is 5.09. The summed E-state index contributed by atoms with van der Waals surface area (Å²) in [6, 6.07) is 21.7. The van der Waals surface area contributed by atoms with Gasteiger partial charge in [0.2, 0.25) is 0 Å². The summed E-state index contributed by atoms with van der Waals surface area (Å²) in [4.78, 5) is 0. The summed E-state index contributed by atoms with van der Waals surface area (Å²) in [5.41, 5.74) is 7.14. The molecule has 0 fully saturated rings. The van der Waals surface area contributed by atoms with Crippen LogP contribution in [0.4, 0.5) is 0 Å². The van der Waals surface area contributed by atoms with Gasteiger partial charge in [0.15, 0.2) is 0 Å². The van der Waals surface area contributed by atoms with Crippen LogP contribution < -0.4 is 0 Å². The zero-order chi connectivity index (χ0) is 14.9. The van der Waals surface area contributed by atoms with Crippen molar-refractivity contribution in [3.63, 3.8) is 0 Å². The highest BCUT2D eigenvalue weighted by Crippen LogP contribution is 2.46. The molecule has 1 nitrogen and oxygen atoms in total. The number of hydrogen-bond donors (Lipinski definition) is 0. The SMILES string of the molecule is CC1(C)c2cccc(c2)-c2cccc3oc4cccc1c4c23. The molecule has 0 unspecified atom stereocenters. The van der Waals surface area contributed by atoms with E-state index < -0.39 is 0 Å². The van der Waals surface area contributed by atoms with E-state index in [0.29, 0.717) is 0 Å². The standard InChI is InChI=1S/C21H16O/c1-21(2)14-7-3-6-13(12-14)15-8-4-10-17-19(15)20-16(21)9-5-11-18(20)22-17/h3-12H,1-2H3. The van der Waals surface area contributed by atoms with Crippen molar-refractivity contribution >= 4 is 21.9 Å². The van der Waals surface area contributed by atoms with Gasteiger partial charge in [-0.05, 0) is 34.4 Å². The minimum absolute atomic E-state index is 0.0418. The lowest BCUT2D eigenvalue weighted by molar-refractivity contribution is 0.642. The minimum Gasteiger partial charge on any atom is -0.456 e. The molecule has 4 aromatic rings. The average Bonchev–Trinajstić information content (AvgIpc) is 2.92. The van der Waals surface area contributed by atoms with Gasteiger partial charge in [0.05, 0.1) is 0 Å². The Morgan fingerprint density at radius 2 is 1.50 bits per heavy atom. The van der Waals surface area contributed by atoms with E-state index in [-0.39, 0.29) is 5.41 Å². The van der Waals surface area contributed by atoms with Crippen LogP contribution in [0.15, 0.2) is 65.1 Å². The van der Waals surface area contributed by atoms with Crippen LogP contribution in [-0.4, -0.2) is 0 Å². The van der Waals surface area contributed by atoms with Crippen LogP contribution in [-0.2, 0) is 5.41 Å². The highest BCUT2D eigenvalue weighted by Gasteiger charge is 2.29. The summed E-state index contributed by atoms with van der Waals surface area (Å²) < 4.78 is 6.14. The van der Waals surface area contributed by atoms with Crippen LogP contribution >= 0.6 is 0 Å². The average molecular weight is 284 g/mol. The summed E-state index contributed by atoms with van der Waals surface area (Å²) in [6.07, 6.45) is 0. The Morgan fingerprint density at radius 3 is 2.36 bits per heavy atom. The molecule has 0 aliphatic heterocycles. The second-order valence-electron chi connectivity index (χ2n) is 6.67. The van der Waals surface area contributed by atoms with Gasteiger partial charge in [-0.2, -0.15) is 0 Å². The van der Waals surface area contributed by atoms with Crippen molar-refractivity contribution in [2.24, 2.45) is 0 Å². The third kappa shape index (κ3) is 1.34. The second-order valence-corrected chi connectivity index (χ2v) is 6.67. The third-order valence-corrected chi connectivity index (χ3v) is 5.09. The number of furan rings is 1. The molecule has 0 N–H and O–H groups in total. The van der Waals surface area contributed by atoms with Crippen LogP contribution in [0.2, 0.25) is 0 Å². The van der Waals surface area contributed by atoms with E-state index in [2.05, 4.69) is 74.5 Å². The zero-order valence-electron chi connectivity index (χ0n) is 12.7. The van der Waals surface area contributed by atoms with E-state index in [1.54, 1.807) is 0 Å². The number of benzene rings is 3. The van der Waals surface area contributed by atoms with Crippen LogP contribution in [0, 0.1) is 0 Å². The predicted molar refractivity (Wildman–Crippen MR) is 91.3 cm³/mol. The van der Waals surface area contributed by atoms with Crippen molar-refractivity contribution < 1.29 is 4.42 Å². The van der Waals surface area contributed by atoms with E-state index in [0.717, 1.165) is 11.2 Å². The summed E-state index contributed by atoms with van der Waals surface area (Å²) in [5.74, 6) is 0. The van der Waals surface area contributed by atoms with Gasteiger partial charge in [-0.3, -0.25) is 0 Å². The van der Waals surface area contributed by atoms with Crippen LogP contribution in [0.25, 0.3) is 33.1 Å². The van der Waals surface area contributed by atoms with Gasteiger partial charge in [-0.25, -0.2) is 0 Å². The van der Waals surface area contributed by atoms with E-state index in [1.165, 1.54) is 33.0 Å². The molecular weight excluding hydrogens is 268 g/mol. The first-order valence-corrected chi connectivity index (χ1v) is 7.72. The highest BCUT2D eigenvalue weighted by molar-refractivity contribution is 6.14. The molecule has 3 aromatic carbocycles. The van der Waals surface area contributed by atoms with Gasteiger partial charge in [-0.1, -0.05) is 62.4 Å². The van der Waals surface area contributed by atoms with Crippen molar-refractivity contribution in [1.82, 2.24) is 0 Å². The number of fused-ring (bicyclic) bond motifs is 3. The fourth-order valence-corrected chi connectivity index (χ4v) is 3.86. The fraction of sp³-hybridized carbons (Fsp3) is 0.143. The lowest BCUT2D eigenvalue weighted by Crippen LogP contribution is -2.19. The van der Waals surface area contributed by atoms with Crippen molar-refractivity contribution in [2.75, 3.05) is 0 Å². The topological polar surface area (TPSA) is 13.1 Å². The quantitative estimate of drug-likeness (QED) is 0.392. The Bertz CT molecular complexity index is 1050. The fourth-order valence-electron chi connectivity index (χ4n) is 3.86. The molecule has 22 heavy (non-hydrogen) atoms. The van der Waals surface area contributed by atoms with Crippen LogP contribution in [0.1, 0.15) is 25.0 Å². The Hall–Kier alpha value is -2.54. The van der Waals surface area contributed by atoms with Gasteiger partial charge in [0, 0.05) is 16.2 Å². The monoisotopic (exact) mass is 284 g/mol. The number of rotatable bonds is 0. The van der Waals surface area contributed by atoms with Crippen molar-refractivity contribution in [2.45, 2.75) is 19.3 Å². The first-order chi connectivity index (χ1) is 10.7. The van der Waals surface area contributed by atoms with E-state index >= 15 is 0 Å². The Balaban J connectivity index is 2.15. The smallest absolute Gasteiger partial charge is 0.136 e. The number of hydrogen-bond acceptors (Lipinski definition) is 1. The summed E-state index contributed by atoms with van der Waals surface area (Å²) in [6.45, 7) is 4.60. The Labute approximate surface area is 129 Å². The van der Waals surface area contributed by atoms with Crippen LogP contribution in [0.3, 0.4) is 0 Å². The molecule has 106 valence electrons. The molecular formula is C21H16O. The Kier molecular flexibility index (Phi) is 2.08. The normalized spacial score (nSPS) is 15.2. The van der Waals surface area contributed by atoms with Crippen molar-refractivity contribution in [3.05, 3.63) is 71.8 Å². The molecule has 1 heterocycles. The van der Waals surface area contributed by atoms with Gasteiger partial charge in [-0.15, -0.1) is 0 Å². The summed E-state index contributed by atoms with van der Waals surface area (Å²) in [7, 11) is 0. The van der Waals surface area contributed by atoms with Gasteiger partial charge in [0.1, 0.15) is 11.2 Å². The van der Waals surface area contributed by atoms with Gasteiger partial charge >= 0.3 is 0 Å². The van der Waals surface area contributed by atoms with Crippen molar-refractivity contribution in [1.29, 1.82) is 0 Å². The van der Waals surface area contributed by atoms with E-state index in [4.69, 9.17) is 4.42 Å². The molecule has 0 radical (unpaired) electrons. The Morgan fingerprint density at radius 1 is 0.773 bits per heavy atom. The predicted octanol–water partition coefficient (Wildman–Crippen LogP) is 5.89. The first kappa shape index (κ1) is 12.0. The molecule has 1 heteroatoms. The highest BCUT2D eigenvalue weighted by atomic mass is 16.3. The molecule has 1 aromatic heterocycles. The summed E-state index contributed by atoms with van der Waals surface area (Å²) in [5, 5.41) is 2.52. The largest absolute Gasteiger partial charge is 0.456 e. The van der Waals surface area contributed by atoms with E-state index in [1.807, 2.05) is 0 Å². The molecule has 5 rings (SSSR count). The first-order valence-electron chi connectivity index (χ1n) is 7.72. The molecule has 0 atom stereocenters. The summed E-state index contributed by atoms with van der Waals surface area (Å²) >= 11 is 0. The zero-order valence-corrected chi connectivity index (χ0v) is 12.7. The molecule has 0 amide bonds. The van der Waals surface area contributed by atoms with Crippen molar-refractivity contribution in [3.8, 4) is 11.1 Å². The second kappa shape index (κ2) is 3.80. The minimum atomic E-state index is -0.0418. The van der Waals surface area contributed by atoms with Gasteiger partial charge < -0.3 is 4.42 Å². The van der Waals surface area contributed by atoms with Gasteiger partial charge in [0.25, 0.3) is 0 Å². The molecule has 0 saturated heterocycles. The molecule has 0 spiro atoms. The maximum atomic E-state index is 6.14. The van der Waals surface area contributed by atoms with Crippen LogP contribution in [0.5, 0.6) is 0 Å².